The third-order valence-electron chi connectivity index (χ3n) is 2.07. The summed E-state index contributed by atoms with van der Waals surface area (Å²) in [6.07, 6.45) is 3.89. The van der Waals surface area contributed by atoms with Gasteiger partial charge in [0.1, 0.15) is 5.82 Å². The van der Waals surface area contributed by atoms with E-state index < -0.39 is 0 Å². The van der Waals surface area contributed by atoms with Crippen molar-refractivity contribution < 1.29 is 0 Å². The van der Waals surface area contributed by atoms with E-state index in [0.717, 1.165) is 24.4 Å². The molecule has 3 heteroatoms. The molecule has 1 aliphatic rings. The first-order chi connectivity index (χ1) is 5.21. The maximum Gasteiger partial charge on any atom is 0.125 e. The van der Waals surface area contributed by atoms with Crippen molar-refractivity contribution in [3.8, 4) is 0 Å². The van der Waals surface area contributed by atoms with E-state index in [2.05, 4.69) is 9.97 Å². The first-order valence-electron chi connectivity index (χ1n) is 3.80. The zero-order valence-corrected chi connectivity index (χ0v) is 6.54. The normalized spacial score (nSPS) is 19.8. The molecular weight excluding hydrogens is 138 g/mol. The van der Waals surface area contributed by atoms with Crippen LogP contribution >= 0.6 is 0 Å². The molecule has 0 saturated heterocycles. The van der Waals surface area contributed by atoms with Gasteiger partial charge >= 0.3 is 0 Å². The van der Waals surface area contributed by atoms with Crippen molar-refractivity contribution in [3.63, 3.8) is 0 Å². The second-order valence-electron chi connectivity index (χ2n) is 3.15. The molecule has 3 nitrogen and oxygen atoms in total. The van der Waals surface area contributed by atoms with Gasteiger partial charge in [-0.3, -0.25) is 0 Å². The molecule has 1 heterocycles. The van der Waals surface area contributed by atoms with E-state index >= 15 is 0 Å². The third kappa shape index (κ3) is 1.12. The van der Waals surface area contributed by atoms with E-state index in [0.29, 0.717) is 0 Å². The van der Waals surface area contributed by atoms with Gasteiger partial charge in [0.25, 0.3) is 0 Å². The van der Waals surface area contributed by atoms with Crippen LogP contribution in [0.5, 0.6) is 0 Å². The second kappa shape index (κ2) is 2.01. The minimum absolute atomic E-state index is 0.117. The fraction of sp³-hybridized carbons (Fsp3) is 0.500. The summed E-state index contributed by atoms with van der Waals surface area (Å²) in [5.74, 6) is 0.805. The summed E-state index contributed by atoms with van der Waals surface area (Å²) in [5, 5.41) is 0. The van der Waals surface area contributed by atoms with E-state index in [1.165, 1.54) is 0 Å². The van der Waals surface area contributed by atoms with Gasteiger partial charge in [0.2, 0.25) is 0 Å². The molecule has 0 aromatic carbocycles. The molecule has 11 heavy (non-hydrogen) atoms. The van der Waals surface area contributed by atoms with Crippen molar-refractivity contribution >= 4 is 0 Å². The largest absolute Gasteiger partial charge is 0.320 e. The molecule has 1 aromatic heterocycles. The van der Waals surface area contributed by atoms with Crippen LogP contribution in [-0.2, 0) is 5.54 Å². The van der Waals surface area contributed by atoms with Gasteiger partial charge in [-0.2, -0.15) is 0 Å². The van der Waals surface area contributed by atoms with Gasteiger partial charge in [0.15, 0.2) is 0 Å². The van der Waals surface area contributed by atoms with E-state index in [-0.39, 0.29) is 5.54 Å². The van der Waals surface area contributed by atoms with Crippen LogP contribution in [0.1, 0.15) is 24.4 Å². The van der Waals surface area contributed by atoms with Gasteiger partial charge in [0.05, 0.1) is 11.2 Å². The lowest BCUT2D eigenvalue weighted by Gasteiger charge is -2.06. The van der Waals surface area contributed by atoms with Gasteiger partial charge in [-0.15, -0.1) is 0 Å². The molecule has 0 unspecified atom stereocenters. The van der Waals surface area contributed by atoms with Crippen molar-refractivity contribution in [2.24, 2.45) is 5.73 Å². The monoisotopic (exact) mass is 149 g/mol. The second-order valence-corrected chi connectivity index (χ2v) is 3.15. The fourth-order valence-electron chi connectivity index (χ4n) is 1.12. The molecule has 1 aromatic rings. The number of aromatic nitrogens is 2. The Morgan fingerprint density at radius 3 is 2.82 bits per heavy atom. The van der Waals surface area contributed by atoms with Gasteiger partial charge in [-0.25, -0.2) is 9.97 Å². The Morgan fingerprint density at radius 2 is 2.27 bits per heavy atom. The Balaban J connectivity index is 2.38. The summed E-state index contributed by atoms with van der Waals surface area (Å²) in [5.41, 5.74) is 6.82. The van der Waals surface area contributed by atoms with Crippen LogP contribution in [0.2, 0.25) is 0 Å². The first kappa shape index (κ1) is 6.73. The molecule has 0 atom stereocenters. The summed E-state index contributed by atoms with van der Waals surface area (Å²) in [4.78, 5) is 8.29. The maximum atomic E-state index is 5.95. The number of hydrogen-bond acceptors (Lipinski definition) is 3. The third-order valence-corrected chi connectivity index (χ3v) is 2.07. The van der Waals surface area contributed by atoms with Gasteiger partial charge in [-0.05, 0) is 25.8 Å². The summed E-state index contributed by atoms with van der Waals surface area (Å²) in [6, 6.07) is 1.90. The summed E-state index contributed by atoms with van der Waals surface area (Å²) >= 11 is 0. The quantitative estimate of drug-likeness (QED) is 0.640. The minimum Gasteiger partial charge on any atom is -0.320 e. The highest BCUT2D eigenvalue weighted by molar-refractivity contribution is 5.20. The van der Waals surface area contributed by atoms with Gasteiger partial charge < -0.3 is 5.73 Å². The molecule has 0 radical (unpaired) electrons. The minimum atomic E-state index is -0.117. The van der Waals surface area contributed by atoms with Crippen LogP contribution in [0.3, 0.4) is 0 Å². The Hall–Kier alpha value is -0.960. The van der Waals surface area contributed by atoms with Crippen molar-refractivity contribution in [1.29, 1.82) is 0 Å². The molecule has 0 bridgehead atoms. The molecule has 2 N–H and O–H groups in total. The van der Waals surface area contributed by atoms with Crippen LogP contribution in [0.25, 0.3) is 0 Å². The number of rotatable bonds is 1. The standard InChI is InChI=1S/C8H11N3/c1-6-10-5-2-7(11-6)8(9)3-4-8/h2,5H,3-4,9H2,1H3. The van der Waals surface area contributed by atoms with Crippen LogP contribution in [0, 0.1) is 6.92 Å². The lowest BCUT2D eigenvalue weighted by atomic mass is 10.2. The highest BCUT2D eigenvalue weighted by Crippen LogP contribution is 2.41. The highest BCUT2D eigenvalue weighted by Gasteiger charge is 2.41. The molecular formula is C8H11N3. The van der Waals surface area contributed by atoms with E-state index in [1.54, 1.807) is 6.20 Å². The number of nitrogens with two attached hydrogens (primary N) is 1. The molecule has 0 aliphatic heterocycles. The molecule has 0 spiro atoms. The van der Waals surface area contributed by atoms with E-state index in [1.807, 2.05) is 13.0 Å². The SMILES string of the molecule is Cc1nccc(C2(N)CC2)n1. The predicted molar refractivity (Wildman–Crippen MR) is 41.9 cm³/mol. The molecule has 0 amide bonds. The zero-order valence-electron chi connectivity index (χ0n) is 6.54. The maximum absolute atomic E-state index is 5.95. The van der Waals surface area contributed by atoms with Crippen LogP contribution in [0.4, 0.5) is 0 Å². The van der Waals surface area contributed by atoms with Crippen molar-refractivity contribution in [2.75, 3.05) is 0 Å². The lowest BCUT2D eigenvalue weighted by Crippen LogP contribution is -2.20. The molecule has 1 aliphatic carbocycles. The van der Waals surface area contributed by atoms with Crippen LogP contribution in [-0.4, -0.2) is 9.97 Å². The average molecular weight is 149 g/mol. The molecule has 1 saturated carbocycles. The first-order valence-corrected chi connectivity index (χ1v) is 3.80. The number of nitrogens with zero attached hydrogens (tertiary/aromatic N) is 2. The van der Waals surface area contributed by atoms with Crippen LogP contribution < -0.4 is 5.73 Å². The van der Waals surface area contributed by atoms with Crippen molar-refractivity contribution in [2.45, 2.75) is 25.3 Å². The zero-order chi connectivity index (χ0) is 7.90. The predicted octanol–water partition coefficient (Wildman–Crippen LogP) is 0.733. The Morgan fingerprint density at radius 1 is 1.55 bits per heavy atom. The smallest absolute Gasteiger partial charge is 0.125 e. The Labute approximate surface area is 65.7 Å². The Bertz CT molecular complexity index is 278. The van der Waals surface area contributed by atoms with E-state index in [9.17, 15) is 0 Å². The summed E-state index contributed by atoms with van der Waals surface area (Å²) in [6.45, 7) is 1.88. The summed E-state index contributed by atoms with van der Waals surface area (Å²) < 4.78 is 0. The van der Waals surface area contributed by atoms with Crippen molar-refractivity contribution in [1.82, 2.24) is 9.97 Å². The number of aryl methyl sites for hydroxylation is 1. The average Bonchev–Trinajstić information content (AvgIpc) is 2.70. The van der Waals surface area contributed by atoms with E-state index in [4.69, 9.17) is 5.73 Å². The number of hydrogen-bond donors (Lipinski definition) is 1. The topological polar surface area (TPSA) is 51.8 Å². The summed E-state index contributed by atoms with van der Waals surface area (Å²) in [7, 11) is 0. The molecule has 2 rings (SSSR count). The van der Waals surface area contributed by atoms with Crippen molar-refractivity contribution in [3.05, 3.63) is 23.8 Å². The van der Waals surface area contributed by atoms with Gasteiger partial charge in [-0.1, -0.05) is 0 Å². The van der Waals surface area contributed by atoms with Gasteiger partial charge in [0, 0.05) is 6.20 Å². The molecule has 58 valence electrons. The highest BCUT2D eigenvalue weighted by atomic mass is 14.9. The fourth-order valence-corrected chi connectivity index (χ4v) is 1.12. The lowest BCUT2D eigenvalue weighted by molar-refractivity contribution is 0.697. The molecule has 1 fully saturated rings. The van der Waals surface area contributed by atoms with Crippen LogP contribution in [0.15, 0.2) is 12.3 Å². The Kier molecular flexibility index (Phi) is 1.23.